The van der Waals surface area contributed by atoms with Crippen molar-refractivity contribution in [1.82, 2.24) is 0 Å². The lowest BCUT2D eigenvalue weighted by Gasteiger charge is -2.06. The molecule has 0 bridgehead atoms. The van der Waals surface area contributed by atoms with Crippen LogP contribution in [-0.2, 0) is 18.9 Å². The van der Waals surface area contributed by atoms with Crippen molar-refractivity contribution in [3.05, 3.63) is 0 Å². The lowest BCUT2D eigenvalue weighted by atomic mass is 10.2. The number of aliphatic imine (C=N–C) groups is 2. The molecule has 0 N–H and O–H groups in total. The zero-order valence-corrected chi connectivity index (χ0v) is 15.2. The third-order valence-corrected chi connectivity index (χ3v) is 2.62. The number of rotatable bonds is 16. The van der Waals surface area contributed by atoms with E-state index in [1.807, 2.05) is 40.1 Å². The maximum absolute atomic E-state index is 5.28. The monoisotopic (exact) mass is 330 g/mol. The standard InChI is InChI=1S/C17H34N2O4/c1-16(2)22-14-20-12-10-18-8-6-5-7-9-19-11-13-21-15-23-17(3)4/h8-9,16-17H,5-7,10-15H2,1-4H3/b18-8+,19-9+. The third kappa shape index (κ3) is 21.2. The van der Waals surface area contributed by atoms with Crippen LogP contribution in [0.25, 0.3) is 0 Å². The molecule has 0 radical (unpaired) electrons. The third-order valence-electron chi connectivity index (χ3n) is 2.62. The van der Waals surface area contributed by atoms with Gasteiger partial charge in [0.25, 0.3) is 0 Å². The van der Waals surface area contributed by atoms with E-state index in [9.17, 15) is 0 Å². The van der Waals surface area contributed by atoms with Gasteiger partial charge in [0, 0.05) is 0 Å². The molecule has 6 nitrogen and oxygen atoms in total. The second-order valence-electron chi connectivity index (χ2n) is 5.59. The highest BCUT2D eigenvalue weighted by Gasteiger charge is 1.92. The molecule has 0 spiro atoms. The van der Waals surface area contributed by atoms with Gasteiger partial charge in [-0.2, -0.15) is 0 Å². The maximum Gasteiger partial charge on any atom is 0.147 e. The van der Waals surface area contributed by atoms with Crippen LogP contribution >= 0.6 is 0 Å². The Labute approximate surface area is 141 Å². The average Bonchev–Trinajstić information content (AvgIpc) is 2.49. The van der Waals surface area contributed by atoms with Gasteiger partial charge in [0.1, 0.15) is 13.6 Å². The van der Waals surface area contributed by atoms with E-state index in [-0.39, 0.29) is 12.2 Å². The fourth-order valence-electron chi connectivity index (χ4n) is 1.39. The van der Waals surface area contributed by atoms with Crippen molar-refractivity contribution >= 4 is 12.4 Å². The Balaban J connectivity index is 3.19. The van der Waals surface area contributed by atoms with Crippen LogP contribution in [0.5, 0.6) is 0 Å². The van der Waals surface area contributed by atoms with Crippen LogP contribution in [0.15, 0.2) is 9.98 Å². The number of ether oxygens (including phenoxy) is 4. The molecule has 0 rings (SSSR count). The molecule has 0 heterocycles. The Hall–Kier alpha value is -0.820. The molecular formula is C17H34N2O4. The Kier molecular flexibility index (Phi) is 16.9. The topological polar surface area (TPSA) is 61.6 Å². The molecule has 0 aromatic rings. The fourth-order valence-corrected chi connectivity index (χ4v) is 1.39. The van der Waals surface area contributed by atoms with Gasteiger partial charge in [-0.05, 0) is 59.4 Å². The van der Waals surface area contributed by atoms with Gasteiger partial charge in [-0.25, -0.2) is 0 Å². The van der Waals surface area contributed by atoms with Gasteiger partial charge in [0.05, 0.1) is 38.5 Å². The molecule has 136 valence electrons. The van der Waals surface area contributed by atoms with Crippen molar-refractivity contribution in [1.29, 1.82) is 0 Å². The molecule has 0 aromatic carbocycles. The summed E-state index contributed by atoms with van der Waals surface area (Å²) in [5, 5.41) is 0. The second-order valence-corrected chi connectivity index (χ2v) is 5.59. The van der Waals surface area contributed by atoms with Crippen molar-refractivity contribution < 1.29 is 18.9 Å². The van der Waals surface area contributed by atoms with Crippen LogP contribution < -0.4 is 0 Å². The minimum Gasteiger partial charge on any atom is -0.353 e. The maximum atomic E-state index is 5.28. The predicted octanol–water partition coefficient (Wildman–Crippen LogP) is 3.10. The van der Waals surface area contributed by atoms with E-state index in [0.717, 1.165) is 19.3 Å². The molecule has 0 aliphatic rings. The van der Waals surface area contributed by atoms with E-state index < -0.39 is 0 Å². The van der Waals surface area contributed by atoms with Crippen molar-refractivity contribution in [2.45, 2.75) is 59.2 Å². The van der Waals surface area contributed by atoms with E-state index in [0.29, 0.717) is 39.9 Å². The quantitative estimate of drug-likeness (QED) is 0.248. The molecule has 0 saturated carbocycles. The number of hydrogen-bond acceptors (Lipinski definition) is 6. The minimum atomic E-state index is 0.208. The van der Waals surface area contributed by atoms with Gasteiger partial charge < -0.3 is 18.9 Å². The summed E-state index contributed by atoms with van der Waals surface area (Å²) in [7, 11) is 0. The molecule has 0 aromatic heterocycles. The first-order valence-electron chi connectivity index (χ1n) is 8.48. The van der Waals surface area contributed by atoms with Gasteiger partial charge in [-0.3, -0.25) is 9.98 Å². The minimum absolute atomic E-state index is 0.208. The van der Waals surface area contributed by atoms with Crippen LogP contribution in [-0.4, -0.2) is 64.5 Å². The predicted molar refractivity (Wildman–Crippen MR) is 94.6 cm³/mol. The summed E-state index contributed by atoms with van der Waals surface area (Å²) in [6.07, 6.45) is 7.31. The summed E-state index contributed by atoms with van der Waals surface area (Å²) in [5.74, 6) is 0. The average molecular weight is 330 g/mol. The number of unbranched alkanes of at least 4 members (excludes halogenated alkanes) is 2. The second kappa shape index (κ2) is 17.5. The van der Waals surface area contributed by atoms with Gasteiger partial charge in [0.2, 0.25) is 0 Å². The molecular weight excluding hydrogens is 296 g/mol. The Morgan fingerprint density at radius 1 is 0.739 bits per heavy atom. The summed E-state index contributed by atoms with van der Waals surface area (Å²) in [6.45, 7) is 11.2. The van der Waals surface area contributed by atoms with Crippen LogP contribution in [0, 0.1) is 0 Å². The molecule has 0 aliphatic heterocycles. The molecule has 0 fully saturated rings. The molecule has 0 amide bonds. The summed E-state index contributed by atoms with van der Waals surface area (Å²) >= 11 is 0. The Morgan fingerprint density at radius 2 is 1.17 bits per heavy atom. The summed E-state index contributed by atoms with van der Waals surface area (Å²) < 4.78 is 21.1. The number of nitrogens with zero attached hydrogens (tertiary/aromatic N) is 2. The lowest BCUT2D eigenvalue weighted by Crippen LogP contribution is -2.08. The zero-order valence-electron chi connectivity index (χ0n) is 15.2. The summed E-state index contributed by atoms with van der Waals surface area (Å²) in [4.78, 5) is 8.57. The SMILES string of the molecule is CC(C)OCOCC/N=C/CCC/C=N/CCOCOC(C)C. The molecule has 0 unspecified atom stereocenters. The van der Waals surface area contributed by atoms with Crippen LogP contribution in [0.4, 0.5) is 0 Å². The van der Waals surface area contributed by atoms with E-state index >= 15 is 0 Å². The van der Waals surface area contributed by atoms with Crippen LogP contribution in [0.3, 0.4) is 0 Å². The first-order valence-corrected chi connectivity index (χ1v) is 8.48. The van der Waals surface area contributed by atoms with Gasteiger partial charge in [-0.1, -0.05) is 0 Å². The van der Waals surface area contributed by atoms with Crippen molar-refractivity contribution in [2.75, 3.05) is 39.9 Å². The summed E-state index contributed by atoms with van der Waals surface area (Å²) in [6, 6.07) is 0. The first kappa shape index (κ1) is 22.2. The highest BCUT2D eigenvalue weighted by Crippen LogP contribution is 1.92. The zero-order chi connectivity index (χ0) is 17.2. The molecule has 6 heteroatoms. The van der Waals surface area contributed by atoms with Gasteiger partial charge in [-0.15, -0.1) is 0 Å². The Bertz CT molecular complexity index is 266. The molecule has 0 aliphatic carbocycles. The molecule has 0 atom stereocenters. The van der Waals surface area contributed by atoms with Crippen molar-refractivity contribution in [2.24, 2.45) is 9.98 Å². The van der Waals surface area contributed by atoms with E-state index in [2.05, 4.69) is 9.98 Å². The number of hydrogen-bond donors (Lipinski definition) is 0. The largest absolute Gasteiger partial charge is 0.353 e. The highest BCUT2D eigenvalue weighted by molar-refractivity contribution is 5.60. The molecule has 0 saturated heterocycles. The Morgan fingerprint density at radius 3 is 1.57 bits per heavy atom. The summed E-state index contributed by atoms with van der Waals surface area (Å²) in [5.41, 5.74) is 0. The smallest absolute Gasteiger partial charge is 0.147 e. The van der Waals surface area contributed by atoms with Crippen molar-refractivity contribution in [3.63, 3.8) is 0 Å². The molecule has 23 heavy (non-hydrogen) atoms. The van der Waals surface area contributed by atoms with E-state index in [1.54, 1.807) is 0 Å². The first-order chi connectivity index (χ1) is 11.1. The lowest BCUT2D eigenvalue weighted by molar-refractivity contribution is -0.0762. The highest BCUT2D eigenvalue weighted by atomic mass is 16.7. The van der Waals surface area contributed by atoms with E-state index in [1.165, 1.54) is 0 Å². The van der Waals surface area contributed by atoms with Gasteiger partial charge >= 0.3 is 0 Å². The van der Waals surface area contributed by atoms with Crippen molar-refractivity contribution in [3.8, 4) is 0 Å². The normalized spacial score (nSPS) is 12.4. The fraction of sp³-hybridized carbons (Fsp3) is 0.882. The van der Waals surface area contributed by atoms with E-state index in [4.69, 9.17) is 18.9 Å². The van der Waals surface area contributed by atoms with Gasteiger partial charge in [0.15, 0.2) is 0 Å². The van der Waals surface area contributed by atoms with Crippen LogP contribution in [0.1, 0.15) is 47.0 Å². The van der Waals surface area contributed by atoms with Crippen LogP contribution in [0.2, 0.25) is 0 Å².